The van der Waals surface area contributed by atoms with E-state index >= 15 is 0 Å². The topological polar surface area (TPSA) is 12.0 Å². The molecule has 2 atom stereocenters. The maximum absolute atomic E-state index is 6.10. The molecule has 76 valence electrons. The van der Waals surface area contributed by atoms with Gasteiger partial charge in [-0.2, -0.15) is 0 Å². The fourth-order valence-electron chi connectivity index (χ4n) is 1.54. The summed E-state index contributed by atoms with van der Waals surface area (Å²) in [5.74, 6) is 0. The molecule has 13 heavy (non-hydrogen) atoms. The van der Waals surface area contributed by atoms with Crippen molar-refractivity contribution in [3.05, 3.63) is 11.1 Å². The molecule has 0 spiro atoms. The van der Waals surface area contributed by atoms with Gasteiger partial charge >= 0.3 is 0 Å². The second kappa shape index (κ2) is 4.20. The monoisotopic (exact) mass is 221 g/mol. The molecule has 0 aromatic carbocycles. The van der Waals surface area contributed by atoms with Gasteiger partial charge in [0.05, 0.1) is 0 Å². The van der Waals surface area contributed by atoms with Gasteiger partial charge in [0.15, 0.2) is 0 Å². The summed E-state index contributed by atoms with van der Waals surface area (Å²) in [4.78, 5) is 0. The molecule has 0 aromatic rings. The molecule has 0 amide bonds. The minimum Gasteiger partial charge on any atom is -0.310 e. The van der Waals surface area contributed by atoms with E-state index in [9.17, 15) is 0 Å². The summed E-state index contributed by atoms with van der Waals surface area (Å²) in [5, 5.41) is 3.76. The van der Waals surface area contributed by atoms with E-state index in [1.165, 1.54) is 0 Å². The predicted octanol–water partition coefficient (Wildman–Crippen LogP) is 3.12. The minimum atomic E-state index is 0.216. The quantitative estimate of drug-likeness (QED) is 0.723. The van der Waals surface area contributed by atoms with Crippen LogP contribution < -0.4 is 5.32 Å². The molecule has 1 fully saturated rings. The summed E-state index contributed by atoms with van der Waals surface area (Å²) >= 11 is 11.7. The van der Waals surface area contributed by atoms with Crippen molar-refractivity contribution in [2.24, 2.45) is 5.41 Å². The van der Waals surface area contributed by atoms with Crippen LogP contribution in [-0.4, -0.2) is 18.0 Å². The van der Waals surface area contributed by atoms with Crippen molar-refractivity contribution in [1.82, 2.24) is 5.32 Å². The molecule has 3 heteroatoms. The summed E-state index contributed by atoms with van der Waals surface area (Å²) in [6, 6.07) is 0.529. The van der Waals surface area contributed by atoms with Crippen molar-refractivity contribution in [2.45, 2.75) is 38.6 Å². The molecule has 2 unspecified atom stereocenters. The van der Waals surface area contributed by atoms with E-state index in [1.807, 2.05) is 6.92 Å². The number of alkyl halides is 1. The zero-order chi connectivity index (χ0) is 10.1. The Kier molecular flexibility index (Phi) is 3.67. The maximum Gasteiger partial charge on any atom is 0.0416 e. The lowest BCUT2D eigenvalue weighted by molar-refractivity contribution is 0.120. The third-order valence-corrected chi connectivity index (χ3v) is 4.07. The Morgan fingerprint density at radius 2 is 2.23 bits per heavy atom. The number of nitrogens with one attached hydrogen (secondary N) is 1. The molecule has 1 saturated carbocycles. The standard InChI is InChI=1S/C10H17Cl2N/c1-7(5-11)6-13-9-4-8(12)10(9,2)3/h5,8-9,13H,4,6H2,1-3H3. The van der Waals surface area contributed by atoms with Crippen LogP contribution in [0.2, 0.25) is 0 Å². The highest BCUT2D eigenvalue weighted by Crippen LogP contribution is 2.44. The first-order valence-electron chi connectivity index (χ1n) is 4.61. The van der Waals surface area contributed by atoms with E-state index < -0.39 is 0 Å². The van der Waals surface area contributed by atoms with E-state index in [4.69, 9.17) is 23.2 Å². The van der Waals surface area contributed by atoms with E-state index in [1.54, 1.807) is 5.54 Å². The Bertz CT molecular complexity index is 211. The summed E-state index contributed by atoms with van der Waals surface area (Å²) in [5.41, 5.74) is 3.00. The van der Waals surface area contributed by atoms with Crippen LogP contribution in [0.5, 0.6) is 0 Å². The van der Waals surface area contributed by atoms with Crippen LogP contribution in [0.15, 0.2) is 11.1 Å². The first-order chi connectivity index (χ1) is 5.98. The average Bonchev–Trinajstić information content (AvgIpc) is 2.11. The van der Waals surface area contributed by atoms with Gasteiger partial charge in [0.1, 0.15) is 0 Å². The van der Waals surface area contributed by atoms with E-state index in [0.717, 1.165) is 18.5 Å². The molecule has 1 rings (SSSR count). The molecule has 1 nitrogen and oxygen atoms in total. The van der Waals surface area contributed by atoms with Crippen molar-refractivity contribution >= 4 is 23.2 Å². The van der Waals surface area contributed by atoms with Crippen molar-refractivity contribution in [3.63, 3.8) is 0 Å². The molecular weight excluding hydrogens is 205 g/mol. The molecule has 1 aliphatic carbocycles. The highest BCUT2D eigenvalue weighted by atomic mass is 35.5. The van der Waals surface area contributed by atoms with Crippen LogP contribution in [0.4, 0.5) is 0 Å². The van der Waals surface area contributed by atoms with E-state index in [0.29, 0.717) is 11.4 Å². The zero-order valence-electron chi connectivity index (χ0n) is 8.40. The number of hydrogen-bond acceptors (Lipinski definition) is 1. The van der Waals surface area contributed by atoms with Gasteiger partial charge in [-0.25, -0.2) is 0 Å². The predicted molar refractivity (Wildman–Crippen MR) is 59.4 cm³/mol. The summed E-state index contributed by atoms with van der Waals surface area (Å²) in [6.45, 7) is 7.28. The number of halogens is 2. The normalized spacial score (nSPS) is 32.8. The lowest BCUT2D eigenvalue weighted by Crippen LogP contribution is -2.58. The molecule has 1 aliphatic rings. The second-order valence-electron chi connectivity index (χ2n) is 4.41. The van der Waals surface area contributed by atoms with Gasteiger partial charge in [0.25, 0.3) is 0 Å². The summed E-state index contributed by atoms with van der Waals surface area (Å²) in [7, 11) is 0. The van der Waals surface area contributed by atoms with Crippen LogP contribution in [0.1, 0.15) is 27.2 Å². The first-order valence-corrected chi connectivity index (χ1v) is 5.49. The highest BCUT2D eigenvalue weighted by molar-refractivity contribution is 6.25. The van der Waals surface area contributed by atoms with Crippen LogP contribution >= 0.6 is 23.2 Å². The smallest absolute Gasteiger partial charge is 0.0416 e. The maximum atomic E-state index is 6.10. The Morgan fingerprint density at radius 1 is 1.62 bits per heavy atom. The average molecular weight is 222 g/mol. The molecule has 0 heterocycles. The Balaban J connectivity index is 2.33. The lowest BCUT2D eigenvalue weighted by Gasteiger charge is -2.49. The number of hydrogen-bond donors (Lipinski definition) is 1. The van der Waals surface area contributed by atoms with Gasteiger partial charge in [0.2, 0.25) is 0 Å². The van der Waals surface area contributed by atoms with Crippen LogP contribution in [0.3, 0.4) is 0 Å². The van der Waals surface area contributed by atoms with E-state index in [2.05, 4.69) is 19.2 Å². The van der Waals surface area contributed by atoms with Gasteiger partial charge in [0, 0.05) is 23.5 Å². The molecule has 0 radical (unpaired) electrons. The van der Waals surface area contributed by atoms with Gasteiger partial charge in [-0.3, -0.25) is 0 Å². The zero-order valence-corrected chi connectivity index (χ0v) is 9.91. The summed E-state index contributed by atoms with van der Waals surface area (Å²) in [6.07, 6.45) is 1.06. The molecular formula is C10H17Cl2N. The van der Waals surface area contributed by atoms with Crippen molar-refractivity contribution in [3.8, 4) is 0 Å². The SMILES string of the molecule is CC(=CCl)CNC1CC(Cl)C1(C)C. The first kappa shape index (κ1) is 11.4. The Labute approximate surface area is 90.5 Å². The van der Waals surface area contributed by atoms with Crippen LogP contribution in [-0.2, 0) is 0 Å². The van der Waals surface area contributed by atoms with Gasteiger partial charge in [-0.05, 0) is 24.3 Å². The second-order valence-corrected chi connectivity index (χ2v) is 5.16. The van der Waals surface area contributed by atoms with Gasteiger partial charge < -0.3 is 5.32 Å². The fraction of sp³-hybridized carbons (Fsp3) is 0.800. The largest absolute Gasteiger partial charge is 0.310 e. The van der Waals surface area contributed by atoms with Crippen molar-refractivity contribution in [2.75, 3.05) is 6.54 Å². The van der Waals surface area contributed by atoms with Crippen LogP contribution in [0, 0.1) is 5.41 Å². The molecule has 0 aliphatic heterocycles. The van der Waals surface area contributed by atoms with Gasteiger partial charge in [-0.15, -0.1) is 11.6 Å². The third kappa shape index (κ3) is 2.39. The van der Waals surface area contributed by atoms with Crippen LogP contribution in [0.25, 0.3) is 0 Å². The van der Waals surface area contributed by atoms with E-state index in [-0.39, 0.29) is 5.41 Å². The lowest BCUT2D eigenvalue weighted by atomic mass is 9.67. The minimum absolute atomic E-state index is 0.216. The number of rotatable bonds is 3. The molecule has 0 bridgehead atoms. The van der Waals surface area contributed by atoms with Gasteiger partial charge in [-0.1, -0.05) is 25.4 Å². The Morgan fingerprint density at radius 3 is 2.62 bits per heavy atom. The third-order valence-electron chi connectivity index (χ3n) is 2.96. The highest BCUT2D eigenvalue weighted by Gasteiger charge is 2.46. The summed E-state index contributed by atoms with van der Waals surface area (Å²) < 4.78 is 0. The van der Waals surface area contributed by atoms with Crippen molar-refractivity contribution < 1.29 is 0 Å². The molecule has 1 N–H and O–H groups in total. The fourth-order valence-corrected chi connectivity index (χ4v) is 1.95. The molecule has 0 saturated heterocycles. The molecule has 0 aromatic heterocycles. The Hall–Kier alpha value is 0.280. The van der Waals surface area contributed by atoms with Crippen molar-refractivity contribution in [1.29, 1.82) is 0 Å².